The van der Waals surface area contributed by atoms with Gasteiger partial charge in [-0.15, -0.1) is 0 Å². The smallest absolute Gasteiger partial charge is 0.263 e. The molecule has 0 aliphatic carbocycles. The van der Waals surface area contributed by atoms with E-state index in [1.54, 1.807) is 7.11 Å². The molecule has 0 bridgehead atoms. The predicted octanol–water partition coefficient (Wildman–Crippen LogP) is 4.03. The lowest BCUT2D eigenvalue weighted by molar-refractivity contribution is -0.115. The Morgan fingerprint density at radius 2 is 1.74 bits per heavy atom. The van der Waals surface area contributed by atoms with Crippen molar-refractivity contribution in [3.05, 3.63) is 59.0 Å². The Labute approximate surface area is 167 Å². The number of thioether (sulfide) groups is 1. The number of carbonyl (C=O) groups is 1. The second-order valence-electron chi connectivity index (χ2n) is 5.62. The first-order valence-electron chi connectivity index (χ1n) is 8.39. The number of thiocarbonyl (C=S) groups is 1. The number of ether oxygens (including phenoxy) is 3. The Hall–Kier alpha value is -2.51. The summed E-state index contributed by atoms with van der Waals surface area (Å²) in [4.78, 5) is 12.3. The van der Waals surface area contributed by atoms with Crippen LogP contribution in [0.1, 0.15) is 12.0 Å². The van der Waals surface area contributed by atoms with Gasteiger partial charge in [-0.3, -0.25) is 4.79 Å². The molecule has 27 heavy (non-hydrogen) atoms. The molecule has 2 aromatic carbocycles. The van der Waals surface area contributed by atoms with Gasteiger partial charge in [0, 0.05) is 6.42 Å². The highest BCUT2D eigenvalue weighted by Gasteiger charge is 2.21. The minimum Gasteiger partial charge on any atom is -0.493 e. The van der Waals surface area contributed by atoms with Gasteiger partial charge in [0.15, 0.2) is 11.5 Å². The fourth-order valence-corrected chi connectivity index (χ4v) is 3.45. The summed E-state index contributed by atoms with van der Waals surface area (Å²) in [7, 11) is 1.62. The van der Waals surface area contributed by atoms with Crippen molar-refractivity contribution in [2.75, 3.05) is 20.3 Å². The number of amides is 1. The van der Waals surface area contributed by atoms with E-state index in [1.807, 2.05) is 54.6 Å². The summed E-state index contributed by atoms with van der Waals surface area (Å²) in [5.41, 5.74) is 0.921. The van der Waals surface area contributed by atoms with Crippen LogP contribution in [0.3, 0.4) is 0 Å². The van der Waals surface area contributed by atoms with Gasteiger partial charge in [0.2, 0.25) is 0 Å². The maximum Gasteiger partial charge on any atom is 0.263 e. The number of para-hydroxylation sites is 2. The Balaban J connectivity index is 1.43. The number of carbonyl (C=O) groups excluding carboxylic acids is 1. The lowest BCUT2D eigenvalue weighted by Crippen LogP contribution is -2.17. The molecular formula is C20H19NO4S2. The number of hydrogen-bond acceptors (Lipinski definition) is 6. The first-order chi connectivity index (χ1) is 13.2. The molecular weight excluding hydrogens is 382 g/mol. The summed E-state index contributed by atoms with van der Waals surface area (Å²) < 4.78 is 17.2. The molecule has 140 valence electrons. The van der Waals surface area contributed by atoms with Crippen LogP contribution in [0, 0.1) is 0 Å². The molecule has 1 saturated heterocycles. The fourth-order valence-electron chi connectivity index (χ4n) is 2.40. The Kier molecular flexibility index (Phi) is 6.73. The zero-order valence-corrected chi connectivity index (χ0v) is 16.4. The van der Waals surface area contributed by atoms with E-state index in [-0.39, 0.29) is 5.91 Å². The summed E-state index contributed by atoms with van der Waals surface area (Å²) in [6.07, 6.45) is 2.56. The van der Waals surface area contributed by atoms with Gasteiger partial charge in [-0.05, 0) is 35.9 Å². The molecule has 5 nitrogen and oxygen atoms in total. The Bertz CT molecular complexity index is 849. The molecule has 0 unspecified atom stereocenters. The summed E-state index contributed by atoms with van der Waals surface area (Å²) in [5.74, 6) is 2.07. The second-order valence-corrected chi connectivity index (χ2v) is 7.34. The SMILES string of the molecule is COc1ccccc1OCCCOc1ccc(/C=C2/SC(=S)NC2=O)cc1. The molecule has 0 atom stereocenters. The number of methoxy groups -OCH3 is 1. The molecule has 1 aliphatic heterocycles. The van der Waals surface area contributed by atoms with Crippen molar-refractivity contribution in [2.45, 2.75) is 6.42 Å². The number of benzene rings is 2. The van der Waals surface area contributed by atoms with E-state index in [0.717, 1.165) is 29.2 Å². The van der Waals surface area contributed by atoms with E-state index in [0.29, 0.717) is 22.4 Å². The highest BCUT2D eigenvalue weighted by atomic mass is 32.2. The number of rotatable bonds is 8. The van der Waals surface area contributed by atoms with Crippen molar-refractivity contribution < 1.29 is 19.0 Å². The maximum absolute atomic E-state index is 11.7. The van der Waals surface area contributed by atoms with Gasteiger partial charge >= 0.3 is 0 Å². The van der Waals surface area contributed by atoms with Crippen LogP contribution in [0.4, 0.5) is 0 Å². The molecule has 1 heterocycles. The van der Waals surface area contributed by atoms with Gasteiger partial charge in [-0.25, -0.2) is 0 Å². The quantitative estimate of drug-likeness (QED) is 0.409. The van der Waals surface area contributed by atoms with Crippen molar-refractivity contribution in [2.24, 2.45) is 0 Å². The first kappa shape index (κ1) is 19.3. The molecule has 7 heteroatoms. The van der Waals surface area contributed by atoms with E-state index >= 15 is 0 Å². The van der Waals surface area contributed by atoms with E-state index in [1.165, 1.54) is 11.8 Å². The van der Waals surface area contributed by atoms with Crippen LogP contribution in [0.2, 0.25) is 0 Å². The van der Waals surface area contributed by atoms with E-state index in [9.17, 15) is 4.79 Å². The summed E-state index contributed by atoms with van der Waals surface area (Å²) in [6.45, 7) is 1.08. The van der Waals surface area contributed by atoms with Crippen molar-refractivity contribution in [1.29, 1.82) is 0 Å². The van der Waals surface area contributed by atoms with Gasteiger partial charge in [-0.2, -0.15) is 0 Å². The average Bonchev–Trinajstić information content (AvgIpc) is 3.00. The zero-order chi connectivity index (χ0) is 19.1. The van der Waals surface area contributed by atoms with Gasteiger partial charge in [0.1, 0.15) is 10.1 Å². The molecule has 0 aromatic heterocycles. The molecule has 0 spiro atoms. The van der Waals surface area contributed by atoms with Crippen molar-refractivity contribution >= 4 is 40.3 Å². The minimum atomic E-state index is -0.152. The molecule has 1 aliphatic rings. The number of hydrogen-bond donors (Lipinski definition) is 1. The van der Waals surface area contributed by atoms with Gasteiger partial charge in [-0.1, -0.05) is 48.2 Å². The molecule has 1 N–H and O–H groups in total. The molecule has 3 rings (SSSR count). The van der Waals surface area contributed by atoms with Crippen molar-refractivity contribution in [3.63, 3.8) is 0 Å². The monoisotopic (exact) mass is 401 g/mol. The third kappa shape index (κ3) is 5.48. The van der Waals surface area contributed by atoms with Crippen LogP contribution in [-0.2, 0) is 4.79 Å². The van der Waals surface area contributed by atoms with Gasteiger partial charge in [0.25, 0.3) is 5.91 Å². The molecule has 0 radical (unpaired) electrons. The second kappa shape index (κ2) is 9.43. The molecule has 1 fully saturated rings. The van der Waals surface area contributed by atoms with Gasteiger partial charge in [0.05, 0.1) is 25.2 Å². The third-order valence-electron chi connectivity index (χ3n) is 3.70. The number of nitrogens with one attached hydrogen (secondary N) is 1. The van der Waals surface area contributed by atoms with Crippen molar-refractivity contribution in [3.8, 4) is 17.2 Å². The van der Waals surface area contributed by atoms with Crippen LogP contribution in [-0.4, -0.2) is 30.6 Å². The largest absolute Gasteiger partial charge is 0.493 e. The predicted molar refractivity (Wildman–Crippen MR) is 111 cm³/mol. The minimum absolute atomic E-state index is 0.152. The van der Waals surface area contributed by atoms with Crippen LogP contribution in [0.25, 0.3) is 6.08 Å². The molecule has 2 aromatic rings. The lowest BCUT2D eigenvalue weighted by Gasteiger charge is -2.11. The molecule has 0 saturated carbocycles. The first-order valence-corrected chi connectivity index (χ1v) is 9.62. The summed E-state index contributed by atoms with van der Waals surface area (Å²) in [6, 6.07) is 15.1. The molecule has 1 amide bonds. The van der Waals surface area contributed by atoms with Crippen LogP contribution >= 0.6 is 24.0 Å². The van der Waals surface area contributed by atoms with E-state index < -0.39 is 0 Å². The van der Waals surface area contributed by atoms with Crippen LogP contribution < -0.4 is 19.5 Å². The standard InChI is InChI=1S/C20H19NO4S2/c1-23-16-5-2-3-6-17(16)25-12-4-11-24-15-9-7-14(8-10-15)13-18-19(22)21-20(26)27-18/h2-3,5-10,13H,4,11-12H2,1H3,(H,21,22,26)/b18-13+. The Morgan fingerprint density at radius 3 is 2.41 bits per heavy atom. The highest BCUT2D eigenvalue weighted by Crippen LogP contribution is 2.27. The topological polar surface area (TPSA) is 56.8 Å². The third-order valence-corrected chi connectivity index (χ3v) is 4.87. The highest BCUT2D eigenvalue weighted by molar-refractivity contribution is 8.26. The van der Waals surface area contributed by atoms with Gasteiger partial charge < -0.3 is 19.5 Å². The van der Waals surface area contributed by atoms with Crippen LogP contribution in [0.15, 0.2) is 53.4 Å². The van der Waals surface area contributed by atoms with Crippen LogP contribution in [0.5, 0.6) is 17.2 Å². The normalized spacial score (nSPS) is 14.9. The summed E-state index contributed by atoms with van der Waals surface area (Å²) in [5, 5.41) is 2.60. The van der Waals surface area contributed by atoms with Crippen molar-refractivity contribution in [1.82, 2.24) is 5.32 Å². The van der Waals surface area contributed by atoms with E-state index in [4.69, 9.17) is 26.4 Å². The zero-order valence-electron chi connectivity index (χ0n) is 14.8. The lowest BCUT2D eigenvalue weighted by atomic mass is 10.2. The summed E-state index contributed by atoms with van der Waals surface area (Å²) >= 11 is 6.25. The fraction of sp³-hybridized carbons (Fsp3) is 0.200. The average molecular weight is 402 g/mol. The Morgan fingerprint density at radius 1 is 1.04 bits per heavy atom. The van der Waals surface area contributed by atoms with E-state index in [2.05, 4.69) is 5.32 Å². The maximum atomic E-state index is 11.7.